The van der Waals surface area contributed by atoms with Gasteiger partial charge in [0.05, 0.1) is 13.2 Å². The van der Waals surface area contributed by atoms with Crippen molar-refractivity contribution < 1.29 is 19.1 Å². The summed E-state index contributed by atoms with van der Waals surface area (Å²) in [6, 6.07) is 7.39. The fourth-order valence-corrected chi connectivity index (χ4v) is 4.28. The zero-order chi connectivity index (χ0) is 26.1. The molecule has 0 fully saturated rings. The summed E-state index contributed by atoms with van der Waals surface area (Å²) in [6.07, 6.45) is 10.8. The summed E-state index contributed by atoms with van der Waals surface area (Å²) in [5.74, 6) is -0.950. The van der Waals surface area contributed by atoms with Crippen molar-refractivity contribution in [2.75, 3.05) is 13.7 Å². The van der Waals surface area contributed by atoms with Gasteiger partial charge in [-0.3, -0.25) is 14.4 Å². The molecule has 2 atom stereocenters. The van der Waals surface area contributed by atoms with E-state index in [0.29, 0.717) is 25.8 Å². The Balaban J connectivity index is 2.86. The number of nitrogens with two attached hydrogens (primary N) is 2. The van der Waals surface area contributed by atoms with Crippen LogP contribution in [0.2, 0.25) is 0 Å². The molecule has 4 N–H and O–H groups in total. The van der Waals surface area contributed by atoms with Gasteiger partial charge in [-0.2, -0.15) is 0 Å². The van der Waals surface area contributed by atoms with Crippen molar-refractivity contribution in [2.45, 2.75) is 109 Å². The van der Waals surface area contributed by atoms with Gasteiger partial charge in [-0.25, -0.2) is 0 Å². The summed E-state index contributed by atoms with van der Waals surface area (Å²) >= 11 is 0. The Kier molecular flexibility index (Phi) is 15.7. The van der Waals surface area contributed by atoms with Gasteiger partial charge in [-0.15, -0.1) is 0 Å². The van der Waals surface area contributed by atoms with E-state index in [0.717, 1.165) is 24.8 Å². The number of methoxy groups -OCH3 is 1. The van der Waals surface area contributed by atoms with Crippen LogP contribution in [0.15, 0.2) is 24.3 Å². The van der Waals surface area contributed by atoms with E-state index in [1.165, 1.54) is 44.8 Å². The average Bonchev–Trinajstić information content (AvgIpc) is 2.84. The van der Waals surface area contributed by atoms with E-state index < -0.39 is 11.9 Å². The molecule has 0 saturated carbocycles. The Morgan fingerprint density at radius 1 is 0.914 bits per heavy atom. The lowest BCUT2D eigenvalue weighted by Crippen LogP contribution is -2.51. The lowest BCUT2D eigenvalue weighted by molar-refractivity contribution is -0.141. The third kappa shape index (κ3) is 12.7. The number of hydrogen-bond donors (Lipinski definition) is 2. The maximum absolute atomic E-state index is 13.3. The van der Waals surface area contributed by atoms with E-state index in [4.69, 9.17) is 11.5 Å². The molecule has 0 bridgehead atoms. The zero-order valence-electron chi connectivity index (χ0n) is 22.1. The van der Waals surface area contributed by atoms with E-state index in [1.807, 2.05) is 0 Å². The molecule has 2 amide bonds. The van der Waals surface area contributed by atoms with Gasteiger partial charge in [0, 0.05) is 25.4 Å². The van der Waals surface area contributed by atoms with Crippen LogP contribution >= 0.6 is 0 Å². The standard InChI is InChI=1S/C28H47N3O4/c1-4-6-8-9-10-12-22-15-17-23(18-16-22)20-24(21-26(30)32)31(19-7-5-2)28(34)25(29)13-11-14-27(33)35-3/h15-18,24-25H,4-14,19-21,29H2,1-3H3,(H2,30,32)/t24-,25-/m0/s1. The molecular weight excluding hydrogens is 442 g/mol. The number of nitrogens with zero attached hydrogens (tertiary/aromatic N) is 1. The Bertz CT molecular complexity index is 751. The van der Waals surface area contributed by atoms with E-state index in [2.05, 4.69) is 42.8 Å². The molecule has 1 aromatic carbocycles. The molecule has 1 aromatic rings. The monoisotopic (exact) mass is 489 g/mol. The number of amides is 2. The van der Waals surface area contributed by atoms with Crippen molar-refractivity contribution in [3.05, 3.63) is 35.4 Å². The molecule has 7 heteroatoms. The molecule has 0 aromatic heterocycles. The average molecular weight is 490 g/mol. The van der Waals surface area contributed by atoms with Crippen molar-refractivity contribution in [2.24, 2.45) is 11.5 Å². The third-order valence-corrected chi connectivity index (χ3v) is 6.42. The smallest absolute Gasteiger partial charge is 0.305 e. The quantitative estimate of drug-likeness (QED) is 0.222. The highest BCUT2D eigenvalue weighted by Crippen LogP contribution is 2.18. The van der Waals surface area contributed by atoms with Crippen molar-refractivity contribution in [3.63, 3.8) is 0 Å². The first kappa shape index (κ1) is 30.6. The second kappa shape index (κ2) is 17.9. The van der Waals surface area contributed by atoms with Crippen LogP contribution < -0.4 is 11.5 Å². The van der Waals surface area contributed by atoms with E-state index in [1.54, 1.807) is 4.90 Å². The first-order valence-corrected chi connectivity index (χ1v) is 13.3. The summed E-state index contributed by atoms with van der Waals surface area (Å²) in [5, 5.41) is 0. The molecule has 1 rings (SSSR count). The highest BCUT2D eigenvalue weighted by molar-refractivity contribution is 5.83. The van der Waals surface area contributed by atoms with Crippen LogP contribution in [0.4, 0.5) is 0 Å². The van der Waals surface area contributed by atoms with Gasteiger partial charge in [-0.05, 0) is 49.7 Å². The van der Waals surface area contributed by atoms with Crippen LogP contribution in [0.25, 0.3) is 0 Å². The SMILES string of the molecule is CCCCCCCc1ccc(C[C@@H](CC(N)=O)N(CCCC)C(=O)[C@@H](N)CCCC(=O)OC)cc1. The summed E-state index contributed by atoms with van der Waals surface area (Å²) in [6.45, 7) is 4.80. The molecule has 7 nitrogen and oxygen atoms in total. The molecule has 0 aliphatic heterocycles. The predicted molar refractivity (Wildman–Crippen MR) is 141 cm³/mol. The third-order valence-electron chi connectivity index (χ3n) is 6.42. The van der Waals surface area contributed by atoms with E-state index >= 15 is 0 Å². The minimum absolute atomic E-state index is 0.0868. The van der Waals surface area contributed by atoms with Crippen LogP contribution in [0, 0.1) is 0 Å². The summed E-state index contributed by atoms with van der Waals surface area (Å²) in [4.78, 5) is 38.3. The first-order chi connectivity index (χ1) is 16.8. The molecule has 0 saturated heterocycles. The minimum Gasteiger partial charge on any atom is -0.469 e. The summed E-state index contributed by atoms with van der Waals surface area (Å²) in [7, 11) is 1.34. The van der Waals surface area contributed by atoms with Crippen molar-refractivity contribution >= 4 is 17.8 Å². The zero-order valence-corrected chi connectivity index (χ0v) is 22.1. The molecular formula is C28H47N3O4. The van der Waals surface area contributed by atoms with Crippen LogP contribution in [0.1, 0.15) is 95.6 Å². The van der Waals surface area contributed by atoms with E-state index in [9.17, 15) is 14.4 Å². The van der Waals surface area contributed by atoms with Crippen molar-refractivity contribution in [1.29, 1.82) is 0 Å². The van der Waals surface area contributed by atoms with Gasteiger partial charge in [0.1, 0.15) is 0 Å². The molecule has 0 radical (unpaired) electrons. The lowest BCUT2D eigenvalue weighted by atomic mass is 9.97. The van der Waals surface area contributed by atoms with E-state index in [-0.39, 0.29) is 30.8 Å². The number of rotatable bonds is 19. The molecule has 0 aliphatic rings. The van der Waals surface area contributed by atoms with Crippen LogP contribution in [-0.4, -0.2) is 48.4 Å². The first-order valence-electron chi connectivity index (χ1n) is 13.3. The number of benzene rings is 1. The second-order valence-corrected chi connectivity index (χ2v) is 9.47. The lowest BCUT2D eigenvalue weighted by Gasteiger charge is -2.33. The second-order valence-electron chi connectivity index (χ2n) is 9.47. The molecule has 0 unspecified atom stereocenters. The number of carbonyl (C=O) groups excluding carboxylic acids is 3. The fourth-order valence-electron chi connectivity index (χ4n) is 4.28. The molecule has 0 heterocycles. The Hall–Kier alpha value is -2.41. The van der Waals surface area contributed by atoms with Gasteiger partial charge in [-0.1, -0.05) is 70.2 Å². The fraction of sp³-hybridized carbons (Fsp3) is 0.679. The van der Waals surface area contributed by atoms with Gasteiger partial charge >= 0.3 is 5.97 Å². The van der Waals surface area contributed by atoms with Crippen molar-refractivity contribution in [1.82, 2.24) is 4.90 Å². The number of primary amides is 1. The highest BCUT2D eigenvalue weighted by Gasteiger charge is 2.28. The number of esters is 1. The Morgan fingerprint density at radius 2 is 1.54 bits per heavy atom. The summed E-state index contributed by atoms with van der Waals surface area (Å²) < 4.78 is 4.66. The van der Waals surface area contributed by atoms with Crippen LogP contribution in [-0.2, 0) is 32.0 Å². The molecule has 198 valence electrons. The van der Waals surface area contributed by atoms with Crippen LogP contribution in [0.3, 0.4) is 0 Å². The van der Waals surface area contributed by atoms with Crippen molar-refractivity contribution in [3.8, 4) is 0 Å². The maximum atomic E-state index is 13.3. The number of unbranched alkanes of at least 4 members (excludes halogenated alkanes) is 5. The molecule has 0 aliphatic carbocycles. The highest BCUT2D eigenvalue weighted by atomic mass is 16.5. The number of ether oxygens (including phenoxy) is 1. The molecule has 0 spiro atoms. The number of aryl methyl sites for hydroxylation is 1. The predicted octanol–water partition coefficient (Wildman–Crippen LogP) is 4.29. The summed E-state index contributed by atoms with van der Waals surface area (Å²) in [5.41, 5.74) is 14.2. The number of hydrogen-bond acceptors (Lipinski definition) is 5. The van der Waals surface area contributed by atoms with Gasteiger partial charge < -0.3 is 21.1 Å². The number of carbonyl (C=O) groups is 3. The largest absolute Gasteiger partial charge is 0.469 e. The molecule has 35 heavy (non-hydrogen) atoms. The normalized spacial score (nSPS) is 12.7. The minimum atomic E-state index is -0.734. The van der Waals surface area contributed by atoms with Gasteiger partial charge in [0.25, 0.3) is 0 Å². The van der Waals surface area contributed by atoms with Gasteiger partial charge in [0.15, 0.2) is 0 Å². The topological polar surface area (TPSA) is 116 Å². The van der Waals surface area contributed by atoms with Gasteiger partial charge in [0.2, 0.25) is 11.8 Å². The Labute approximate surface area is 211 Å². The maximum Gasteiger partial charge on any atom is 0.305 e. The van der Waals surface area contributed by atoms with Crippen LogP contribution in [0.5, 0.6) is 0 Å². The Morgan fingerprint density at radius 3 is 2.14 bits per heavy atom.